The van der Waals surface area contributed by atoms with Crippen molar-refractivity contribution in [1.29, 1.82) is 0 Å². The number of nitrogens with one attached hydrogen (secondary N) is 1. The van der Waals surface area contributed by atoms with Crippen LogP contribution < -0.4 is 5.32 Å². The largest absolute Gasteiger partial charge is 0.312 e. The average Bonchev–Trinajstić information content (AvgIpc) is 2.11. The molecule has 1 atom stereocenters. The number of rotatable bonds is 6. The molecule has 0 aliphatic carbocycles. The van der Waals surface area contributed by atoms with Gasteiger partial charge >= 0.3 is 0 Å². The van der Waals surface area contributed by atoms with Crippen LogP contribution in [0, 0.1) is 5.92 Å². The predicted octanol–water partition coefficient (Wildman–Crippen LogP) is 4.15. The molecule has 0 saturated heterocycles. The normalized spacial score (nSPS) is 15.5. The molecule has 0 aromatic heterocycles. The maximum absolute atomic E-state index is 3.50. The lowest BCUT2D eigenvalue weighted by Gasteiger charge is -2.20. The average molecular weight is 211 g/mol. The molecule has 1 unspecified atom stereocenters. The van der Waals surface area contributed by atoms with Crippen LogP contribution in [-0.4, -0.2) is 12.1 Å². The molecule has 0 rings (SSSR count). The highest BCUT2D eigenvalue weighted by Gasteiger charge is 2.07. The molecule has 0 radical (unpaired) electrons. The van der Waals surface area contributed by atoms with Crippen molar-refractivity contribution in [3.8, 4) is 0 Å². The zero-order chi connectivity index (χ0) is 11.9. The minimum atomic E-state index is 0.247. The van der Waals surface area contributed by atoms with E-state index in [1.165, 1.54) is 12.8 Å². The monoisotopic (exact) mass is 211 g/mol. The minimum Gasteiger partial charge on any atom is -0.312 e. The Labute approximate surface area is 96.3 Å². The molecule has 0 aliphatic heterocycles. The molecule has 0 amide bonds. The molecule has 0 heterocycles. The minimum absolute atomic E-state index is 0.247. The first-order chi connectivity index (χ1) is 6.87. The van der Waals surface area contributed by atoms with E-state index in [9.17, 15) is 0 Å². The summed E-state index contributed by atoms with van der Waals surface area (Å²) in [5, 5.41) is 3.50. The van der Waals surface area contributed by atoms with Gasteiger partial charge in [0, 0.05) is 5.54 Å². The Kier molecular flexibility index (Phi) is 6.91. The quantitative estimate of drug-likeness (QED) is 0.514. The smallest absolute Gasteiger partial charge is 0.00966 e. The van der Waals surface area contributed by atoms with Crippen molar-refractivity contribution in [2.45, 2.75) is 66.3 Å². The first-order valence-electron chi connectivity index (χ1n) is 6.28. The van der Waals surface area contributed by atoms with Gasteiger partial charge in [0.2, 0.25) is 0 Å². The number of hydrogen-bond donors (Lipinski definition) is 1. The first-order valence-corrected chi connectivity index (χ1v) is 6.28. The summed E-state index contributed by atoms with van der Waals surface area (Å²) in [6, 6.07) is 0. The molecule has 1 heteroatoms. The zero-order valence-corrected chi connectivity index (χ0v) is 11.5. The van der Waals surface area contributed by atoms with Crippen LogP contribution in [0.5, 0.6) is 0 Å². The van der Waals surface area contributed by atoms with Crippen LogP contribution in [0.25, 0.3) is 0 Å². The van der Waals surface area contributed by atoms with Crippen LogP contribution in [0.2, 0.25) is 0 Å². The molecule has 0 saturated carbocycles. The summed E-state index contributed by atoms with van der Waals surface area (Å²) in [5.74, 6) is 0.754. The van der Waals surface area contributed by atoms with Gasteiger partial charge in [-0.1, -0.05) is 31.9 Å². The fourth-order valence-electron chi connectivity index (χ4n) is 1.61. The van der Waals surface area contributed by atoms with Gasteiger partial charge in [0.1, 0.15) is 0 Å². The molecule has 0 fully saturated rings. The summed E-state index contributed by atoms with van der Waals surface area (Å²) in [6.45, 7) is 14.6. The fraction of sp³-hybridized carbons (Fsp3) is 0.857. The van der Waals surface area contributed by atoms with E-state index in [2.05, 4.69) is 52.9 Å². The Balaban J connectivity index is 3.76. The highest BCUT2D eigenvalue weighted by Crippen LogP contribution is 2.15. The third-order valence-electron chi connectivity index (χ3n) is 2.76. The van der Waals surface area contributed by atoms with Crippen LogP contribution in [0.15, 0.2) is 11.6 Å². The third kappa shape index (κ3) is 8.68. The van der Waals surface area contributed by atoms with Crippen molar-refractivity contribution in [2.24, 2.45) is 5.92 Å². The molecule has 90 valence electrons. The highest BCUT2D eigenvalue weighted by molar-refractivity contribution is 5.02. The number of hydrogen-bond acceptors (Lipinski definition) is 1. The second-order valence-corrected chi connectivity index (χ2v) is 5.60. The van der Waals surface area contributed by atoms with Gasteiger partial charge in [-0.3, -0.25) is 0 Å². The summed E-state index contributed by atoms with van der Waals surface area (Å²) in [4.78, 5) is 0. The van der Waals surface area contributed by atoms with Gasteiger partial charge < -0.3 is 5.32 Å². The van der Waals surface area contributed by atoms with Crippen LogP contribution in [0.4, 0.5) is 0 Å². The second-order valence-electron chi connectivity index (χ2n) is 5.60. The van der Waals surface area contributed by atoms with Gasteiger partial charge in [0.15, 0.2) is 0 Å². The molecule has 15 heavy (non-hydrogen) atoms. The standard InChI is InChI=1S/C14H29N/c1-7-9-12(2)13(3)10-8-11-15-14(4,5)6/h10,12,15H,7-9,11H2,1-6H3. The van der Waals surface area contributed by atoms with Crippen molar-refractivity contribution in [3.63, 3.8) is 0 Å². The van der Waals surface area contributed by atoms with E-state index in [0.717, 1.165) is 18.9 Å². The third-order valence-corrected chi connectivity index (χ3v) is 2.76. The lowest BCUT2D eigenvalue weighted by atomic mass is 9.97. The van der Waals surface area contributed by atoms with Crippen LogP contribution >= 0.6 is 0 Å². The Hall–Kier alpha value is -0.300. The van der Waals surface area contributed by atoms with Gasteiger partial charge in [0.05, 0.1) is 0 Å². The Morgan fingerprint density at radius 3 is 2.40 bits per heavy atom. The first kappa shape index (κ1) is 14.7. The maximum atomic E-state index is 3.50. The summed E-state index contributed by atoms with van der Waals surface area (Å²) >= 11 is 0. The van der Waals surface area contributed by atoms with E-state index in [1.807, 2.05) is 0 Å². The van der Waals surface area contributed by atoms with E-state index in [4.69, 9.17) is 0 Å². The van der Waals surface area contributed by atoms with Gasteiger partial charge in [-0.25, -0.2) is 0 Å². The van der Waals surface area contributed by atoms with Crippen molar-refractivity contribution in [3.05, 3.63) is 11.6 Å². The topological polar surface area (TPSA) is 12.0 Å². The van der Waals surface area contributed by atoms with E-state index < -0.39 is 0 Å². The summed E-state index contributed by atoms with van der Waals surface area (Å²) < 4.78 is 0. The van der Waals surface area contributed by atoms with Crippen molar-refractivity contribution in [1.82, 2.24) is 5.32 Å². The fourth-order valence-corrected chi connectivity index (χ4v) is 1.61. The molecular weight excluding hydrogens is 182 g/mol. The van der Waals surface area contributed by atoms with E-state index in [1.54, 1.807) is 5.57 Å². The van der Waals surface area contributed by atoms with Gasteiger partial charge in [-0.05, 0) is 53.0 Å². The summed E-state index contributed by atoms with van der Waals surface area (Å²) in [7, 11) is 0. The highest BCUT2D eigenvalue weighted by atomic mass is 14.9. The Morgan fingerprint density at radius 1 is 1.33 bits per heavy atom. The molecule has 1 N–H and O–H groups in total. The van der Waals surface area contributed by atoms with Crippen LogP contribution in [0.1, 0.15) is 60.8 Å². The second kappa shape index (κ2) is 7.05. The van der Waals surface area contributed by atoms with E-state index >= 15 is 0 Å². The zero-order valence-electron chi connectivity index (χ0n) is 11.5. The lowest BCUT2D eigenvalue weighted by Crippen LogP contribution is -2.36. The molecule has 0 bridgehead atoms. The van der Waals surface area contributed by atoms with Crippen LogP contribution in [0.3, 0.4) is 0 Å². The van der Waals surface area contributed by atoms with Gasteiger partial charge in [0.25, 0.3) is 0 Å². The Bertz CT molecular complexity index is 186. The van der Waals surface area contributed by atoms with Crippen molar-refractivity contribution >= 4 is 0 Å². The summed E-state index contributed by atoms with van der Waals surface area (Å²) in [5.41, 5.74) is 1.80. The molecule has 0 aliphatic rings. The summed E-state index contributed by atoms with van der Waals surface area (Å²) in [6.07, 6.45) is 6.14. The Morgan fingerprint density at radius 2 is 1.93 bits per heavy atom. The van der Waals surface area contributed by atoms with Gasteiger partial charge in [-0.15, -0.1) is 0 Å². The van der Waals surface area contributed by atoms with Crippen molar-refractivity contribution in [2.75, 3.05) is 6.54 Å². The maximum Gasteiger partial charge on any atom is 0.00966 e. The molecular formula is C14H29N. The van der Waals surface area contributed by atoms with Gasteiger partial charge in [-0.2, -0.15) is 0 Å². The molecule has 1 nitrogen and oxygen atoms in total. The SMILES string of the molecule is CCCC(C)C(C)=CCCNC(C)(C)C. The van der Waals surface area contributed by atoms with E-state index in [0.29, 0.717) is 0 Å². The molecule has 0 aromatic carbocycles. The molecule has 0 aromatic rings. The van der Waals surface area contributed by atoms with E-state index in [-0.39, 0.29) is 5.54 Å². The predicted molar refractivity (Wildman–Crippen MR) is 70.2 cm³/mol. The molecule has 0 spiro atoms. The van der Waals surface area contributed by atoms with Crippen LogP contribution in [-0.2, 0) is 0 Å². The lowest BCUT2D eigenvalue weighted by molar-refractivity contribution is 0.430. The number of allylic oxidation sites excluding steroid dienone is 1. The van der Waals surface area contributed by atoms with Crippen molar-refractivity contribution < 1.29 is 0 Å².